The van der Waals surface area contributed by atoms with Crippen molar-refractivity contribution < 1.29 is 14.3 Å². The zero-order valence-electron chi connectivity index (χ0n) is 17.3. The minimum atomic E-state index is -0.193. The SMILES string of the molecule is CCCCOC(=O)C1=CO[C@@H](C)C2CN3CCc4c([nH]c5ccccc45)C3CC12. The lowest BCUT2D eigenvalue weighted by molar-refractivity contribution is -0.142. The molecule has 5 heteroatoms. The highest BCUT2D eigenvalue weighted by molar-refractivity contribution is 5.89. The number of carbonyl (C=O) groups is 1. The molecule has 0 radical (unpaired) electrons. The number of para-hydroxylation sites is 1. The van der Waals surface area contributed by atoms with Gasteiger partial charge in [-0.15, -0.1) is 0 Å². The van der Waals surface area contributed by atoms with Crippen molar-refractivity contribution in [3.8, 4) is 0 Å². The molecule has 2 aromatic rings. The molecule has 4 atom stereocenters. The number of hydrogen-bond acceptors (Lipinski definition) is 4. The van der Waals surface area contributed by atoms with E-state index in [4.69, 9.17) is 9.47 Å². The summed E-state index contributed by atoms with van der Waals surface area (Å²) in [6.07, 6.45) is 5.74. The molecule has 3 aliphatic heterocycles. The van der Waals surface area contributed by atoms with E-state index in [0.29, 0.717) is 18.6 Å². The number of carbonyl (C=O) groups excluding carboxylic acids is 1. The van der Waals surface area contributed by atoms with Gasteiger partial charge in [0.15, 0.2) is 0 Å². The van der Waals surface area contributed by atoms with Crippen molar-refractivity contribution in [3.05, 3.63) is 47.4 Å². The molecule has 3 aliphatic rings. The van der Waals surface area contributed by atoms with Gasteiger partial charge in [0, 0.05) is 41.5 Å². The maximum absolute atomic E-state index is 12.8. The van der Waals surface area contributed by atoms with Crippen LogP contribution in [0.3, 0.4) is 0 Å². The van der Waals surface area contributed by atoms with Gasteiger partial charge in [0.05, 0.1) is 30.6 Å². The standard InChI is InChI=1S/C24H30N2O3/c1-3-4-11-28-24(27)20-14-29-15(2)19-13-26-10-9-17-16-7-5-6-8-21(16)25-23(17)22(26)12-18(19)20/h5-8,14-15,18-19,22,25H,3-4,9-13H2,1-2H3/t15-,18?,19?,22?/m0/s1. The van der Waals surface area contributed by atoms with Gasteiger partial charge in [0.25, 0.3) is 0 Å². The number of fused-ring (bicyclic) bond motifs is 6. The van der Waals surface area contributed by atoms with Gasteiger partial charge in [0.2, 0.25) is 0 Å². The predicted octanol–water partition coefficient (Wildman–Crippen LogP) is 4.35. The highest BCUT2D eigenvalue weighted by Crippen LogP contribution is 2.47. The molecule has 0 saturated carbocycles. The molecule has 1 fully saturated rings. The van der Waals surface area contributed by atoms with Crippen LogP contribution >= 0.6 is 0 Å². The van der Waals surface area contributed by atoms with E-state index in [9.17, 15) is 4.79 Å². The average molecular weight is 395 g/mol. The molecule has 0 amide bonds. The molecule has 1 aromatic carbocycles. The Morgan fingerprint density at radius 3 is 3.07 bits per heavy atom. The summed E-state index contributed by atoms with van der Waals surface area (Å²) in [7, 11) is 0. The Morgan fingerprint density at radius 1 is 1.34 bits per heavy atom. The summed E-state index contributed by atoms with van der Waals surface area (Å²) in [5, 5.41) is 1.35. The molecule has 154 valence electrons. The lowest BCUT2D eigenvalue weighted by Crippen LogP contribution is -2.51. The molecule has 4 heterocycles. The first-order valence-corrected chi connectivity index (χ1v) is 11.0. The van der Waals surface area contributed by atoms with Crippen LogP contribution in [-0.4, -0.2) is 41.7 Å². The molecule has 1 saturated heterocycles. The fraction of sp³-hybridized carbons (Fsp3) is 0.542. The van der Waals surface area contributed by atoms with Crippen molar-refractivity contribution in [2.75, 3.05) is 19.7 Å². The van der Waals surface area contributed by atoms with E-state index in [2.05, 4.69) is 48.0 Å². The molecule has 5 nitrogen and oxygen atoms in total. The number of nitrogens with one attached hydrogen (secondary N) is 1. The summed E-state index contributed by atoms with van der Waals surface area (Å²) in [5.74, 6) is 0.323. The molecule has 0 bridgehead atoms. The summed E-state index contributed by atoms with van der Waals surface area (Å²) < 4.78 is 11.4. The number of unbranched alkanes of at least 4 members (excludes halogenated alkanes) is 1. The van der Waals surface area contributed by atoms with E-state index in [-0.39, 0.29) is 18.0 Å². The second-order valence-corrected chi connectivity index (χ2v) is 8.73. The number of H-pyrrole nitrogens is 1. The van der Waals surface area contributed by atoms with Gasteiger partial charge in [-0.2, -0.15) is 0 Å². The van der Waals surface area contributed by atoms with Crippen LogP contribution in [0.1, 0.15) is 50.4 Å². The molecule has 3 unspecified atom stereocenters. The molecule has 1 aromatic heterocycles. The Labute approximate surface area is 172 Å². The Balaban J connectivity index is 1.45. The van der Waals surface area contributed by atoms with Crippen LogP contribution in [0, 0.1) is 11.8 Å². The van der Waals surface area contributed by atoms with Crippen molar-refractivity contribution in [1.82, 2.24) is 9.88 Å². The quantitative estimate of drug-likeness (QED) is 0.619. The third kappa shape index (κ3) is 3.16. The Morgan fingerprint density at radius 2 is 2.21 bits per heavy atom. The van der Waals surface area contributed by atoms with Gasteiger partial charge in [-0.25, -0.2) is 4.79 Å². The zero-order valence-corrected chi connectivity index (χ0v) is 17.3. The number of piperidine rings is 1. The Hall–Kier alpha value is -2.27. The van der Waals surface area contributed by atoms with E-state index in [1.807, 2.05) is 0 Å². The third-order valence-electron chi connectivity index (χ3n) is 7.09. The van der Waals surface area contributed by atoms with Gasteiger partial charge >= 0.3 is 5.97 Å². The van der Waals surface area contributed by atoms with Gasteiger partial charge < -0.3 is 14.5 Å². The number of nitrogens with zero attached hydrogens (tertiary/aromatic N) is 1. The second-order valence-electron chi connectivity index (χ2n) is 8.73. The number of aromatic amines is 1. The average Bonchev–Trinajstić information content (AvgIpc) is 3.12. The molecule has 29 heavy (non-hydrogen) atoms. The van der Waals surface area contributed by atoms with E-state index in [0.717, 1.165) is 44.3 Å². The molecular weight excluding hydrogens is 364 g/mol. The number of rotatable bonds is 4. The maximum Gasteiger partial charge on any atom is 0.337 e. The van der Waals surface area contributed by atoms with Gasteiger partial charge in [-0.3, -0.25) is 4.90 Å². The summed E-state index contributed by atoms with van der Waals surface area (Å²) in [6.45, 7) is 6.75. The third-order valence-corrected chi connectivity index (χ3v) is 7.09. The molecular formula is C24H30N2O3. The fourth-order valence-corrected chi connectivity index (χ4v) is 5.46. The number of hydrogen-bond donors (Lipinski definition) is 1. The lowest BCUT2D eigenvalue weighted by atomic mass is 9.72. The first kappa shape index (κ1) is 18.7. The first-order chi connectivity index (χ1) is 14.2. The lowest BCUT2D eigenvalue weighted by Gasteiger charge is -2.49. The Bertz CT molecular complexity index is 947. The fourth-order valence-electron chi connectivity index (χ4n) is 5.46. The number of ether oxygens (including phenoxy) is 2. The van der Waals surface area contributed by atoms with Crippen LogP contribution in [-0.2, 0) is 20.7 Å². The van der Waals surface area contributed by atoms with E-state index >= 15 is 0 Å². The van der Waals surface area contributed by atoms with Gasteiger partial charge in [-0.05, 0) is 37.8 Å². The minimum Gasteiger partial charge on any atom is -0.497 e. The molecule has 1 N–H and O–H groups in total. The summed E-state index contributed by atoms with van der Waals surface area (Å²) >= 11 is 0. The smallest absolute Gasteiger partial charge is 0.337 e. The monoisotopic (exact) mass is 394 g/mol. The van der Waals surface area contributed by atoms with Crippen molar-refractivity contribution >= 4 is 16.9 Å². The van der Waals surface area contributed by atoms with E-state index in [1.165, 1.54) is 22.2 Å². The first-order valence-electron chi connectivity index (χ1n) is 11.0. The van der Waals surface area contributed by atoms with Crippen LogP contribution in [0.4, 0.5) is 0 Å². The topological polar surface area (TPSA) is 54.6 Å². The summed E-state index contributed by atoms with van der Waals surface area (Å²) in [5.41, 5.74) is 4.74. The van der Waals surface area contributed by atoms with Crippen molar-refractivity contribution in [2.24, 2.45) is 11.8 Å². The number of benzene rings is 1. The van der Waals surface area contributed by atoms with Gasteiger partial charge in [0.1, 0.15) is 0 Å². The van der Waals surface area contributed by atoms with E-state index in [1.54, 1.807) is 6.26 Å². The number of aromatic nitrogens is 1. The zero-order chi connectivity index (χ0) is 20.0. The van der Waals surface area contributed by atoms with Crippen molar-refractivity contribution in [2.45, 2.75) is 51.7 Å². The highest BCUT2D eigenvalue weighted by Gasteiger charge is 2.47. The molecule has 0 aliphatic carbocycles. The van der Waals surface area contributed by atoms with Crippen LogP contribution < -0.4 is 0 Å². The van der Waals surface area contributed by atoms with Crippen LogP contribution in [0.25, 0.3) is 10.9 Å². The van der Waals surface area contributed by atoms with E-state index < -0.39 is 0 Å². The molecule has 5 rings (SSSR count). The number of esters is 1. The summed E-state index contributed by atoms with van der Waals surface area (Å²) in [6, 6.07) is 8.92. The highest BCUT2D eigenvalue weighted by atomic mass is 16.5. The van der Waals surface area contributed by atoms with Crippen molar-refractivity contribution in [3.63, 3.8) is 0 Å². The Kier molecular flexibility index (Phi) is 4.86. The predicted molar refractivity (Wildman–Crippen MR) is 112 cm³/mol. The summed E-state index contributed by atoms with van der Waals surface area (Å²) in [4.78, 5) is 19.1. The second kappa shape index (κ2) is 7.52. The minimum absolute atomic E-state index is 0.122. The molecule has 0 spiro atoms. The van der Waals surface area contributed by atoms with Gasteiger partial charge in [-0.1, -0.05) is 31.5 Å². The van der Waals surface area contributed by atoms with Crippen LogP contribution in [0.2, 0.25) is 0 Å². The van der Waals surface area contributed by atoms with Crippen LogP contribution in [0.5, 0.6) is 0 Å². The van der Waals surface area contributed by atoms with Crippen molar-refractivity contribution in [1.29, 1.82) is 0 Å². The van der Waals surface area contributed by atoms with Crippen LogP contribution in [0.15, 0.2) is 36.1 Å². The normalized spacial score (nSPS) is 28.7. The largest absolute Gasteiger partial charge is 0.497 e. The maximum atomic E-state index is 12.8.